The number of nitrogens with zero attached hydrogens (tertiary/aromatic N) is 2. The molecular formula is C23H17FN2O4S. The Labute approximate surface area is 181 Å². The summed E-state index contributed by atoms with van der Waals surface area (Å²) in [5.41, 5.74) is 0.180. The molecule has 1 N–H and O–H groups in total. The number of halogens is 1. The molecule has 0 radical (unpaired) electrons. The average Bonchev–Trinajstić information content (AvgIpc) is 3.39. The maximum atomic E-state index is 14.7. The number of ether oxygens (including phenoxy) is 1. The number of benzene rings is 2. The van der Waals surface area contributed by atoms with Gasteiger partial charge in [-0.3, -0.25) is 14.5 Å². The predicted octanol–water partition coefficient (Wildman–Crippen LogP) is 4.47. The fraction of sp³-hybridized carbons (Fsp3) is 0.0870. The summed E-state index contributed by atoms with van der Waals surface area (Å²) >= 11 is 1.14. The summed E-state index contributed by atoms with van der Waals surface area (Å²) in [5.74, 6) is -2.25. The number of hydrogen-bond acceptors (Lipinski definition) is 6. The van der Waals surface area contributed by atoms with Crippen LogP contribution in [0.1, 0.15) is 17.2 Å². The SMILES string of the molecule is C=CCOc1ccc(/C(O)=C2\C(=O)C(=O)N(c3nccs3)C2c2ccccc2F)cc1. The van der Waals surface area contributed by atoms with E-state index in [0.717, 1.165) is 16.2 Å². The molecule has 1 atom stereocenters. The standard InChI is InChI=1S/C23H17FN2O4S/c1-2-12-30-15-9-7-14(8-10-15)20(27)18-19(16-5-3-4-6-17(16)24)26(22(29)21(18)28)23-25-11-13-31-23/h2-11,13,19,27H,1,12H2/b20-18+. The summed E-state index contributed by atoms with van der Waals surface area (Å²) in [6.07, 6.45) is 3.09. The summed E-state index contributed by atoms with van der Waals surface area (Å²) in [6.45, 7) is 3.90. The number of ketones is 1. The van der Waals surface area contributed by atoms with Gasteiger partial charge in [-0.2, -0.15) is 0 Å². The second kappa shape index (κ2) is 8.53. The largest absolute Gasteiger partial charge is 0.507 e. The van der Waals surface area contributed by atoms with Gasteiger partial charge in [0.15, 0.2) is 5.13 Å². The Kier molecular flexibility index (Phi) is 5.64. The van der Waals surface area contributed by atoms with Gasteiger partial charge in [-0.15, -0.1) is 11.3 Å². The van der Waals surface area contributed by atoms with E-state index in [1.807, 2.05) is 0 Å². The van der Waals surface area contributed by atoms with E-state index in [1.165, 1.54) is 24.4 Å². The quantitative estimate of drug-likeness (QED) is 0.267. The first-order valence-corrected chi connectivity index (χ1v) is 10.2. The Bertz CT molecular complexity index is 1170. The van der Waals surface area contributed by atoms with Crippen LogP contribution >= 0.6 is 11.3 Å². The molecule has 1 aromatic heterocycles. The van der Waals surface area contributed by atoms with Crippen LogP contribution in [0.5, 0.6) is 5.75 Å². The molecule has 1 unspecified atom stereocenters. The van der Waals surface area contributed by atoms with Crippen LogP contribution in [0.2, 0.25) is 0 Å². The number of hydrogen-bond donors (Lipinski definition) is 1. The molecular weight excluding hydrogens is 419 g/mol. The highest BCUT2D eigenvalue weighted by Crippen LogP contribution is 2.43. The van der Waals surface area contributed by atoms with Gasteiger partial charge in [0.25, 0.3) is 5.78 Å². The lowest BCUT2D eigenvalue weighted by molar-refractivity contribution is -0.132. The van der Waals surface area contributed by atoms with Crippen molar-refractivity contribution in [2.75, 3.05) is 11.5 Å². The second-order valence-electron chi connectivity index (χ2n) is 6.63. The molecule has 1 aliphatic heterocycles. The Morgan fingerprint density at radius 2 is 1.97 bits per heavy atom. The van der Waals surface area contributed by atoms with E-state index in [9.17, 15) is 19.1 Å². The van der Waals surface area contributed by atoms with E-state index in [0.29, 0.717) is 17.9 Å². The van der Waals surface area contributed by atoms with Crippen LogP contribution in [-0.4, -0.2) is 28.4 Å². The van der Waals surface area contributed by atoms with E-state index < -0.39 is 29.3 Å². The van der Waals surface area contributed by atoms with Crippen LogP contribution in [0, 0.1) is 5.82 Å². The molecule has 3 aromatic rings. The minimum atomic E-state index is -1.15. The normalized spacial score (nSPS) is 17.7. The number of anilines is 1. The van der Waals surface area contributed by atoms with Gasteiger partial charge in [-0.05, 0) is 30.3 Å². The summed E-state index contributed by atoms with van der Waals surface area (Å²) in [5, 5.41) is 12.9. The second-order valence-corrected chi connectivity index (χ2v) is 7.50. The fourth-order valence-electron chi connectivity index (χ4n) is 3.38. The van der Waals surface area contributed by atoms with Gasteiger partial charge in [0.2, 0.25) is 0 Å². The molecule has 1 saturated heterocycles. The number of carbonyl (C=O) groups is 2. The summed E-state index contributed by atoms with van der Waals surface area (Å²) in [7, 11) is 0. The van der Waals surface area contributed by atoms with E-state index in [1.54, 1.807) is 41.8 Å². The van der Waals surface area contributed by atoms with Gasteiger partial charge in [-0.1, -0.05) is 30.9 Å². The molecule has 8 heteroatoms. The number of aliphatic hydroxyl groups excluding tert-OH is 1. The van der Waals surface area contributed by atoms with Crippen molar-refractivity contribution in [3.8, 4) is 5.75 Å². The third kappa shape index (κ3) is 3.73. The van der Waals surface area contributed by atoms with E-state index in [2.05, 4.69) is 11.6 Å². The Morgan fingerprint density at radius 1 is 1.23 bits per heavy atom. The molecule has 4 rings (SSSR count). The van der Waals surface area contributed by atoms with Crippen LogP contribution < -0.4 is 9.64 Å². The van der Waals surface area contributed by atoms with Crippen molar-refractivity contribution in [2.45, 2.75) is 6.04 Å². The number of amides is 1. The number of aromatic nitrogens is 1. The van der Waals surface area contributed by atoms with Crippen LogP contribution in [0.3, 0.4) is 0 Å². The molecule has 2 aromatic carbocycles. The van der Waals surface area contributed by atoms with E-state index in [-0.39, 0.29) is 16.3 Å². The Morgan fingerprint density at radius 3 is 2.61 bits per heavy atom. The van der Waals surface area contributed by atoms with Gasteiger partial charge in [0, 0.05) is 22.7 Å². The zero-order valence-corrected chi connectivity index (χ0v) is 17.0. The molecule has 1 fully saturated rings. The lowest BCUT2D eigenvalue weighted by atomic mass is 9.95. The first-order valence-electron chi connectivity index (χ1n) is 9.32. The third-order valence-corrected chi connectivity index (χ3v) is 5.54. The van der Waals surface area contributed by atoms with Crippen LogP contribution in [-0.2, 0) is 9.59 Å². The lowest BCUT2D eigenvalue weighted by Gasteiger charge is -2.23. The Balaban J connectivity index is 1.85. The van der Waals surface area contributed by atoms with Crippen molar-refractivity contribution in [3.05, 3.63) is 95.3 Å². The van der Waals surface area contributed by atoms with Crippen molar-refractivity contribution in [3.63, 3.8) is 0 Å². The molecule has 0 aliphatic carbocycles. The maximum absolute atomic E-state index is 14.7. The van der Waals surface area contributed by atoms with Crippen molar-refractivity contribution >= 4 is 33.9 Å². The highest BCUT2D eigenvalue weighted by Gasteiger charge is 2.48. The predicted molar refractivity (Wildman–Crippen MR) is 115 cm³/mol. The zero-order valence-electron chi connectivity index (χ0n) is 16.2. The minimum absolute atomic E-state index is 0.0874. The molecule has 156 valence electrons. The maximum Gasteiger partial charge on any atom is 0.301 e. The van der Waals surface area contributed by atoms with Crippen molar-refractivity contribution in [2.24, 2.45) is 0 Å². The molecule has 1 amide bonds. The Hall–Kier alpha value is -3.78. The summed E-state index contributed by atoms with van der Waals surface area (Å²) in [6, 6.07) is 11.0. The molecule has 2 heterocycles. The lowest BCUT2D eigenvalue weighted by Crippen LogP contribution is -2.29. The monoisotopic (exact) mass is 436 g/mol. The van der Waals surface area contributed by atoms with Gasteiger partial charge >= 0.3 is 5.91 Å². The third-order valence-electron chi connectivity index (χ3n) is 4.77. The smallest absolute Gasteiger partial charge is 0.301 e. The zero-order chi connectivity index (χ0) is 22.0. The van der Waals surface area contributed by atoms with Crippen molar-refractivity contribution in [1.82, 2.24) is 4.98 Å². The van der Waals surface area contributed by atoms with E-state index >= 15 is 0 Å². The fourth-order valence-corrected chi connectivity index (χ4v) is 4.04. The van der Waals surface area contributed by atoms with Crippen LogP contribution in [0.25, 0.3) is 5.76 Å². The summed E-state index contributed by atoms with van der Waals surface area (Å²) in [4.78, 5) is 31.0. The topological polar surface area (TPSA) is 79.7 Å². The highest BCUT2D eigenvalue weighted by atomic mass is 32.1. The summed E-state index contributed by atoms with van der Waals surface area (Å²) < 4.78 is 20.2. The molecule has 0 spiro atoms. The van der Waals surface area contributed by atoms with E-state index in [4.69, 9.17) is 4.74 Å². The van der Waals surface area contributed by atoms with Gasteiger partial charge in [0.1, 0.15) is 30.0 Å². The van der Waals surface area contributed by atoms with Gasteiger partial charge < -0.3 is 9.84 Å². The highest BCUT2D eigenvalue weighted by molar-refractivity contribution is 7.14. The number of thiazole rings is 1. The average molecular weight is 436 g/mol. The molecule has 0 saturated carbocycles. The van der Waals surface area contributed by atoms with Crippen LogP contribution in [0.15, 0.2) is 78.3 Å². The molecule has 0 bridgehead atoms. The first kappa shape index (κ1) is 20.5. The number of Topliss-reactive ketones (excluding diaryl/α,β-unsaturated/α-hetero) is 1. The first-order chi connectivity index (χ1) is 15.0. The van der Waals surface area contributed by atoms with Gasteiger partial charge in [-0.25, -0.2) is 9.37 Å². The molecule has 31 heavy (non-hydrogen) atoms. The number of aliphatic hydroxyl groups is 1. The van der Waals surface area contributed by atoms with Gasteiger partial charge in [0.05, 0.1) is 5.57 Å². The van der Waals surface area contributed by atoms with Crippen molar-refractivity contribution in [1.29, 1.82) is 0 Å². The molecule has 1 aliphatic rings. The molecule has 6 nitrogen and oxygen atoms in total. The van der Waals surface area contributed by atoms with Crippen molar-refractivity contribution < 1.29 is 23.8 Å². The number of rotatable bonds is 6. The van der Waals surface area contributed by atoms with Crippen LogP contribution in [0.4, 0.5) is 9.52 Å². The minimum Gasteiger partial charge on any atom is -0.507 e. The number of carbonyl (C=O) groups excluding carboxylic acids is 2.